The fourth-order valence-electron chi connectivity index (χ4n) is 8.70. The molecule has 9 aromatic carbocycles. The van der Waals surface area contributed by atoms with E-state index >= 15 is 0 Å². The Kier molecular flexibility index (Phi) is 6.38. The molecule has 0 radical (unpaired) electrons. The molecule has 52 heavy (non-hydrogen) atoms. The second-order valence-corrected chi connectivity index (χ2v) is 14.1. The van der Waals surface area contributed by atoms with E-state index in [1.54, 1.807) is 0 Å². The molecular weight excluding hydrogens is 627 g/mol. The van der Waals surface area contributed by atoms with E-state index in [0.717, 1.165) is 12.1 Å². The highest BCUT2D eigenvalue weighted by Crippen LogP contribution is 2.41. The number of fused-ring (bicyclic) bond motifs is 8. The lowest BCUT2D eigenvalue weighted by Gasteiger charge is -2.12. The van der Waals surface area contributed by atoms with E-state index < -0.39 is 0 Å². The molecule has 242 valence electrons. The first kappa shape index (κ1) is 29.1. The molecule has 0 atom stereocenters. The maximum Gasteiger partial charge on any atom is 0.0541 e. The van der Waals surface area contributed by atoms with Crippen molar-refractivity contribution in [3.05, 3.63) is 199 Å². The third kappa shape index (κ3) is 4.49. The normalized spacial score (nSPS) is 12.2. The van der Waals surface area contributed by atoms with Crippen molar-refractivity contribution in [2.75, 3.05) is 0 Å². The Hall–Kier alpha value is -6.70. The van der Waals surface area contributed by atoms with Crippen LogP contribution in [0, 0.1) is 0 Å². The topological polar surface area (TPSA) is 4.93 Å². The minimum atomic E-state index is 1.02. The minimum absolute atomic E-state index is 1.02. The van der Waals surface area contributed by atoms with Crippen LogP contribution in [0.1, 0.15) is 11.1 Å². The van der Waals surface area contributed by atoms with Gasteiger partial charge in [0, 0.05) is 16.5 Å². The zero-order chi connectivity index (χ0) is 34.2. The summed E-state index contributed by atoms with van der Waals surface area (Å²) in [5.74, 6) is 0. The summed E-state index contributed by atoms with van der Waals surface area (Å²) in [4.78, 5) is 0. The Labute approximate surface area is 302 Å². The third-order valence-electron chi connectivity index (χ3n) is 11.2. The molecule has 0 fully saturated rings. The standard InChI is InChI=1S/C51H33N/c1-4-14-42-34(9-1)12-7-17-44(42)39-23-27-50-48(31-39)49-32-40(45-18-8-13-35-10-2-5-15-43(35)45)24-28-51(49)52(50)41-25-21-33(22-26-41)36-19-20-38-29-37-11-3-6-16-46(37)47(38)30-36/h1-28,30-32H,29H2. The molecule has 1 aromatic heterocycles. The van der Waals surface area contributed by atoms with Gasteiger partial charge in [-0.15, -0.1) is 0 Å². The molecule has 0 aliphatic heterocycles. The first-order valence-electron chi connectivity index (χ1n) is 18.1. The Balaban J connectivity index is 1.09. The summed E-state index contributed by atoms with van der Waals surface area (Å²) in [7, 11) is 0. The van der Waals surface area contributed by atoms with Gasteiger partial charge in [-0.2, -0.15) is 0 Å². The zero-order valence-electron chi connectivity index (χ0n) is 28.6. The van der Waals surface area contributed by atoms with Crippen LogP contribution in [-0.2, 0) is 6.42 Å². The van der Waals surface area contributed by atoms with E-state index in [0.29, 0.717) is 0 Å². The highest BCUT2D eigenvalue weighted by molar-refractivity contribution is 6.13. The maximum atomic E-state index is 2.44. The van der Waals surface area contributed by atoms with E-state index in [-0.39, 0.29) is 0 Å². The summed E-state index contributed by atoms with van der Waals surface area (Å²) in [6, 6.07) is 69.6. The van der Waals surface area contributed by atoms with Gasteiger partial charge in [-0.25, -0.2) is 0 Å². The first-order valence-corrected chi connectivity index (χ1v) is 18.1. The molecule has 1 heterocycles. The van der Waals surface area contributed by atoms with Crippen molar-refractivity contribution < 1.29 is 0 Å². The van der Waals surface area contributed by atoms with Gasteiger partial charge in [0.2, 0.25) is 0 Å². The Morgan fingerprint density at radius 2 is 0.808 bits per heavy atom. The number of benzene rings is 9. The lowest BCUT2D eigenvalue weighted by Crippen LogP contribution is -1.94. The zero-order valence-corrected chi connectivity index (χ0v) is 28.6. The molecule has 10 aromatic rings. The predicted molar refractivity (Wildman–Crippen MR) is 220 cm³/mol. The fraction of sp³-hybridized carbons (Fsp3) is 0.0196. The monoisotopic (exact) mass is 659 g/mol. The minimum Gasteiger partial charge on any atom is -0.309 e. The molecule has 0 unspecified atom stereocenters. The first-order chi connectivity index (χ1) is 25.8. The van der Waals surface area contributed by atoms with Crippen LogP contribution in [0.25, 0.3) is 93.5 Å². The quantitative estimate of drug-likeness (QED) is 0.177. The van der Waals surface area contributed by atoms with Crippen LogP contribution >= 0.6 is 0 Å². The van der Waals surface area contributed by atoms with Gasteiger partial charge in [0.05, 0.1) is 11.0 Å². The van der Waals surface area contributed by atoms with Crippen molar-refractivity contribution >= 4 is 43.4 Å². The number of hydrogen-bond acceptors (Lipinski definition) is 0. The fourth-order valence-corrected chi connectivity index (χ4v) is 8.70. The van der Waals surface area contributed by atoms with Crippen LogP contribution < -0.4 is 0 Å². The summed E-state index contributed by atoms with van der Waals surface area (Å²) >= 11 is 0. The van der Waals surface area contributed by atoms with Gasteiger partial charge in [0.1, 0.15) is 0 Å². The molecule has 0 saturated heterocycles. The average Bonchev–Trinajstić information content (AvgIpc) is 3.75. The third-order valence-corrected chi connectivity index (χ3v) is 11.2. The van der Waals surface area contributed by atoms with Crippen molar-refractivity contribution in [3.8, 4) is 50.2 Å². The van der Waals surface area contributed by atoms with Gasteiger partial charge in [-0.3, -0.25) is 0 Å². The smallest absolute Gasteiger partial charge is 0.0541 e. The summed E-state index contributed by atoms with van der Waals surface area (Å²) < 4.78 is 2.44. The van der Waals surface area contributed by atoms with Gasteiger partial charge in [-0.1, -0.05) is 146 Å². The molecule has 0 N–H and O–H groups in total. The highest BCUT2D eigenvalue weighted by Gasteiger charge is 2.19. The largest absolute Gasteiger partial charge is 0.309 e. The van der Waals surface area contributed by atoms with E-state index in [4.69, 9.17) is 0 Å². The van der Waals surface area contributed by atoms with Gasteiger partial charge in [-0.05, 0) is 126 Å². The van der Waals surface area contributed by atoms with E-state index in [1.807, 2.05) is 0 Å². The molecule has 1 aliphatic carbocycles. The van der Waals surface area contributed by atoms with Crippen molar-refractivity contribution in [2.24, 2.45) is 0 Å². The second-order valence-electron chi connectivity index (χ2n) is 14.1. The molecule has 0 spiro atoms. The number of hydrogen-bond donors (Lipinski definition) is 0. The summed E-state index contributed by atoms with van der Waals surface area (Å²) in [6.07, 6.45) is 1.02. The molecule has 1 nitrogen and oxygen atoms in total. The van der Waals surface area contributed by atoms with Crippen molar-refractivity contribution in [3.63, 3.8) is 0 Å². The maximum absolute atomic E-state index is 2.44. The van der Waals surface area contributed by atoms with Gasteiger partial charge < -0.3 is 4.57 Å². The molecule has 1 heteroatoms. The van der Waals surface area contributed by atoms with Gasteiger partial charge >= 0.3 is 0 Å². The van der Waals surface area contributed by atoms with E-state index in [2.05, 4.69) is 193 Å². The van der Waals surface area contributed by atoms with Crippen LogP contribution in [0.15, 0.2) is 188 Å². The summed E-state index contributed by atoms with van der Waals surface area (Å²) in [6.45, 7) is 0. The van der Waals surface area contributed by atoms with Gasteiger partial charge in [0.25, 0.3) is 0 Å². The molecule has 0 saturated carbocycles. The van der Waals surface area contributed by atoms with Crippen LogP contribution in [0.2, 0.25) is 0 Å². The average molecular weight is 660 g/mol. The summed E-state index contributed by atoms with van der Waals surface area (Å²) in [5, 5.41) is 7.57. The van der Waals surface area contributed by atoms with Crippen LogP contribution in [0.3, 0.4) is 0 Å². The lowest BCUT2D eigenvalue weighted by atomic mass is 9.95. The molecule has 11 rings (SSSR count). The second kappa shape index (κ2) is 11.4. The highest BCUT2D eigenvalue weighted by atomic mass is 15.0. The van der Waals surface area contributed by atoms with Crippen LogP contribution in [0.4, 0.5) is 0 Å². The van der Waals surface area contributed by atoms with Crippen LogP contribution in [-0.4, -0.2) is 4.57 Å². The molecule has 1 aliphatic rings. The van der Waals surface area contributed by atoms with Crippen molar-refractivity contribution in [1.82, 2.24) is 4.57 Å². The van der Waals surface area contributed by atoms with Crippen molar-refractivity contribution in [2.45, 2.75) is 6.42 Å². The molecule has 0 amide bonds. The van der Waals surface area contributed by atoms with E-state index in [1.165, 1.54) is 99.0 Å². The Morgan fingerprint density at radius 3 is 1.46 bits per heavy atom. The number of nitrogens with zero attached hydrogens (tertiary/aromatic N) is 1. The molecular formula is C51H33N. The van der Waals surface area contributed by atoms with Gasteiger partial charge in [0.15, 0.2) is 0 Å². The summed E-state index contributed by atoms with van der Waals surface area (Å²) in [5.41, 5.74) is 16.6. The predicted octanol–water partition coefficient (Wildman–Crippen LogP) is 13.7. The number of rotatable bonds is 4. The number of aromatic nitrogens is 1. The van der Waals surface area contributed by atoms with Crippen molar-refractivity contribution in [1.29, 1.82) is 0 Å². The Bertz CT molecular complexity index is 2880. The lowest BCUT2D eigenvalue weighted by molar-refractivity contribution is 1.18. The SMILES string of the molecule is c1ccc2c(c1)Cc1ccc(-c3ccc(-n4c5ccc(-c6cccc7ccccc67)cc5c5cc(-c6cccc7ccccc67)ccc54)cc3)cc1-2. The Morgan fingerprint density at radius 1 is 0.308 bits per heavy atom. The van der Waals surface area contributed by atoms with Crippen LogP contribution in [0.5, 0.6) is 0 Å². The van der Waals surface area contributed by atoms with E-state index in [9.17, 15) is 0 Å². The molecule has 0 bridgehead atoms.